The predicted octanol–water partition coefficient (Wildman–Crippen LogP) is 2.27. The van der Waals surface area contributed by atoms with Crippen LogP contribution in [0.3, 0.4) is 0 Å². The number of rotatable bonds is 7. The van der Waals surface area contributed by atoms with Gasteiger partial charge in [0, 0.05) is 38.5 Å². The summed E-state index contributed by atoms with van der Waals surface area (Å²) < 4.78 is 11.6. The van der Waals surface area contributed by atoms with Crippen molar-refractivity contribution in [2.75, 3.05) is 25.1 Å². The van der Waals surface area contributed by atoms with E-state index in [1.165, 1.54) is 0 Å². The van der Waals surface area contributed by atoms with E-state index in [-0.39, 0.29) is 6.10 Å². The van der Waals surface area contributed by atoms with Crippen molar-refractivity contribution < 1.29 is 9.47 Å². The Bertz CT molecular complexity index is 679. The average molecular weight is 354 g/mol. The lowest BCUT2D eigenvalue weighted by Gasteiger charge is -2.37. The Kier molecular flexibility index (Phi) is 5.32. The van der Waals surface area contributed by atoms with Crippen molar-refractivity contribution in [2.24, 2.45) is 0 Å². The molecule has 0 bridgehead atoms. The van der Waals surface area contributed by atoms with E-state index in [2.05, 4.69) is 20.2 Å². The lowest BCUT2D eigenvalue weighted by atomic mass is 9.89. The molecule has 1 saturated carbocycles. The Hall–Kier alpha value is -2.18. The number of nitrogens with one attached hydrogen (secondary N) is 1. The molecule has 0 amide bonds. The SMILES string of the molecule is CO[C@@H]1C[C@H](CNC2CC(Oc3ccccc3)C2)N(c2ccncn2)C1. The van der Waals surface area contributed by atoms with E-state index in [4.69, 9.17) is 9.47 Å². The van der Waals surface area contributed by atoms with Crippen LogP contribution in [0.15, 0.2) is 48.9 Å². The average Bonchev–Trinajstić information content (AvgIpc) is 3.08. The van der Waals surface area contributed by atoms with Gasteiger partial charge in [0.1, 0.15) is 24.0 Å². The highest BCUT2D eigenvalue weighted by atomic mass is 16.5. The highest BCUT2D eigenvalue weighted by Gasteiger charge is 2.35. The zero-order valence-electron chi connectivity index (χ0n) is 15.1. The minimum Gasteiger partial charge on any atom is -0.490 e. The monoisotopic (exact) mass is 354 g/mol. The normalized spacial score (nSPS) is 28.0. The van der Waals surface area contributed by atoms with Crippen molar-refractivity contribution in [2.45, 2.75) is 43.6 Å². The molecule has 2 aliphatic rings. The van der Waals surface area contributed by atoms with Crippen LogP contribution in [0.5, 0.6) is 5.75 Å². The van der Waals surface area contributed by atoms with E-state index < -0.39 is 0 Å². The molecule has 0 spiro atoms. The maximum Gasteiger partial charge on any atom is 0.132 e. The number of aromatic nitrogens is 2. The minimum atomic E-state index is 0.257. The van der Waals surface area contributed by atoms with E-state index in [9.17, 15) is 0 Å². The van der Waals surface area contributed by atoms with Crippen LogP contribution in [0, 0.1) is 0 Å². The van der Waals surface area contributed by atoms with Crippen LogP contribution in [0.25, 0.3) is 0 Å². The first-order chi connectivity index (χ1) is 12.8. The molecule has 1 saturated heterocycles. The summed E-state index contributed by atoms with van der Waals surface area (Å²) >= 11 is 0. The van der Waals surface area contributed by atoms with Gasteiger partial charge in [0.15, 0.2) is 0 Å². The largest absolute Gasteiger partial charge is 0.490 e. The molecular formula is C20H26N4O2. The maximum atomic E-state index is 5.99. The summed E-state index contributed by atoms with van der Waals surface area (Å²) in [7, 11) is 1.79. The minimum absolute atomic E-state index is 0.257. The van der Waals surface area contributed by atoms with E-state index in [0.29, 0.717) is 18.2 Å². The topological polar surface area (TPSA) is 59.5 Å². The maximum absolute atomic E-state index is 5.99. The van der Waals surface area contributed by atoms with E-state index in [1.54, 1.807) is 19.6 Å². The molecule has 2 aromatic rings. The summed E-state index contributed by atoms with van der Waals surface area (Å²) in [4.78, 5) is 10.8. The number of benzene rings is 1. The summed E-state index contributed by atoms with van der Waals surface area (Å²) in [5.74, 6) is 1.94. The third-order valence-electron chi connectivity index (χ3n) is 5.35. The standard InChI is InChI=1S/C20H26N4O2/c1-25-19-11-16(24(13-19)20-7-8-21-14-23-20)12-22-15-9-18(10-15)26-17-5-3-2-4-6-17/h2-8,14-16,18-19,22H,9-13H2,1H3/t15?,16-,18?,19-/m1/s1. The van der Waals surface area contributed by atoms with Gasteiger partial charge in [0.25, 0.3) is 0 Å². The summed E-state index contributed by atoms with van der Waals surface area (Å²) in [6.07, 6.45) is 7.12. The van der Waals surface area contributed by atoms with Gasteiger partial charge in [-0.25, -0.2) is 9.97 Å². The number of hydrogen-bond acceptors (Lipinski definition) is 6. The molecule has 6 nitrogen and oxygen atoms in total. The van der Waals surface area contributed by atoms with Crippen molar-refractivity contribution in [3.8, 4) is 5.75 Å². The molecule has 0 unspecified atom stereocenters. The smallest absolute Gasteiger partial charge is 0.132 e. The number of methoxy groups -OCH3 is 1. The van der Waals surface area contributed by atoms with Crippen LogP contribution < -0.4 is 15.0 Å². The van der Waals surface area contributed by atoms with E-state index in [1.807, 2.05) is 36.4 Å². The van der Waals surface area contributed by atoms with Crippen molar-refractivity contribution in [3.05, 3.63) is 48.9 Å². The summed E-state index contributed by atoms with van der Waals surface area (Å²) in [6, 6.07) is 13.0. The van der Waals surface area contributed by atoms with Crippen LogP contribution in [0.2, 0.25) is 0 Å². The molecule has 2 fully saturated rings. The van der Waals surface area contributed by atoms with Gasteiger partial charge < -0.3 is 19.7 Å². The van der Waals surface area contributed by atoms with Crippen LogP contribution >= 0.6 is 0 Å². The predicted molar refractivity (Wildman–Crippen MR) is 100 cm³/mol. The number of hydrogen-bond donors (Lipinski definition) is 1. The van der Waals surface area contributed by atoms with E-state index in [0.717, 1.165) is 43.9 Å². The zero-order valence-corrected chi connectivity index (χ0v) is 15.1. The second kappa shape index (κ2) is 8.01. The third-order valence-corrected chi connectivity index (χ3v) is 5.35. The second-order valence-corrected chi connectivity index (χ2v) is 7.10. The van der Waals surface area contributed by atoms with Gasteiger partial charge in [-0.3, -0.25) is 0 Å². The summed E-state index contributed by atoms with van der Waals surface area (Å²) in [5.41, 5.74) is 0. The van der Waals surface area contributed by atoms with Crippen molar-refractivity contribution >= 4 is 5.82 Å². The molecule has 1 N–H and O–H groups in total. The lowest BCUT2D eigenvalue weighted by Crippen LogP contribution is -2.50. The number of para-hydroxylation sites is 1. The van der Waals surface area contributed by atoms with Crippen molar-refractivity contribution in [1.82, 2.24) is 15.3 Å². The molecule has 26 heavy (non-hydrogen) atoms. The third kappa shape index (κ3) is 3.97. The fourth-order valence-electron chi connectivity index (χ4n) is 3.79. The Labute approximate surface area is 154 Å². The molecule has 0 radical (unpaired) electrons. The van der Waals surface area contributed by atoms with Crippen molar-refractivity contribution in [1.29, 1.82) is 0 Å². The Balaban J connectivity index is 1.26. The first-order valence-electron chi connectivity index (χ1n) is 9.32. The van der Waals surface area contributed by atoms with Crippen LogP contribution in [0.4, 0.5) is 5.82 Å². The highest BCUT2D eigenvalue weighted by Crippen LogP contribution is 2.28. The number of anilines is 1. The van der Waals surface area contributed by atoms with Gasteiger partial charge in [-0.15, -0.1) is 0 Å². The van der Waals surface area contributed by atoms with Gasteiger partial charge in [-0.1, -0.05) is 18.2 Å². The van der Waals surface area contributed by atoms with Crippen LogP contribution in [0.1, 0.15) is 19.3 Å². The highest BCUT2D eigenvalue weighted by molar-refractivity contribution is 5.40. The molecule has 1 aromatic heterocycles. The fourth-order valence-corrected chi connectivity index (χ4v) is 3.79. The van der Waals surface area contributed by atoms with Gasteiger partial charge in [-0.2, -0.15) is 0 Å². The van der Waals surface area contributed by atoms with Crippen LogP contribution in [-0.4, -0.2) is 54.5 Å². The zero-order chi connectivity index (χ0) is 17.8. The summed E-state index contributed by atoms with van der Waals surface area (Å²) in [6.45, 7) is 1.82. The molecule has 4 rings (SSSR count). The first kappa shape index (κ1) is 17.2. The Morgan fingerprint density at radius 2 is 1.96 bits per heavy atom. The first-order valence-corrected chi connectivity index (χ1v) is 9.32. The number of ether oxygens (including phenoxy) is 2. The molecular weight excluding hydrogens is 328 g/mol. The quantitative estimate of drug-likeness (QED) is 0.823. The van der Waals surface area contributed by atoms with Gasteiger partial charge in [0.05, 0.1) is 6.10 Å². The van der Waals surface area contributed by atoms with E-state index >= 15 is 0 Å². The Morgan fingerprint density at radius 3 is 2.69 bits per heavy atom. The van der Waals surface area contributed by atoms with Gasteiger partial charge in [-0.05, 0) is 37.5 Å². The van der Waals surface area contributed by atoms with Crippen molar-refractivity contribution in [3.63, 3.8) is 0 Å². The molecule has 1 aromatic carbocycles. The Morgan fingerprint density at radius 1 is 1.12 bits per heavy atom. The molecule has 1 aliphatic heterocycles. The van der Waals surface area contributed by atoms with Crippen LogP contribution in [-0.2, 0) is 4.74 Å². The molecule has 2 heterocycles. The van der Waals surface area contributed by atoms with Gasteiger partial charge >= 0.3 is 0 Å². The number of nitrogens with zero attached hydrogens (tertiary/aromatic N) is 3. The molecule has 6 heteroatoms. The second-order valence-electron chi connectivity index (χ2n) is 7.10. The fraction of sp³-hybridized carbons (Fsp3) is 0.500. The molecule has 138 valence electrons. The molecule has 1 aliphatic carbocycles. The van der Waals surface area contributed by atoms with Gasteiger partial charge in [0.2, 0.25) is 0 Å². The molecule has 2 atom stereocenters. The summed E-state index contributed by atoms with van der Waals surface area (Å²) in [5, 5.41) is 3.70. The lowest BCUT2D eigenvalue weighted by molar-refractivity contribution is 0.0835.